The van der Waals surface area contributed by atoms with Crippen molar-refractivity contribution in [2.45, 2.75) is 13.8 Å². The van der Waals surface area contributed by atoms with E-state index in [9.17, 15) is 9.59 Å². The Balaban J connectivity index is 1.87. The summed E-state index contributed by atoms with van der Waals surface area (Å²) in [5.74, 6) is -0.550. The van der Waals surface area contributed by atoms with Gasteiger partial charge in [-0.05, 0) is 55.3 Å². The molecule has 2 aromatic carbocycles. The van der Waals surface area contributed by atoms with Gasteiger partial charge in [0.2, 0.25) is 0 Å². The van der Waals surface area contributed by atoms with Crippen LogP contribution in [0.5, 0.6) is 0 Å². The minimum Gasteiger partial charge on any atom is -0.399 e. The molecule has 4 heteroatoms. The first-order valence-corrected chi connectivity index (χ1v) is 7.68. The third kappa shape index (κ3) is 2.74. The molecule has 3 rings (SSSR count). The quantitative estimate of drug-likeness (QED) is 0.531. The molecule has 1 aliphatic rings. The van der Waals surface area contributed by atoms with Crippen molar-refractivity contribution in [1.29, 1.82) is 0 Å². The van der Waals surface area contributed by atoms with Crippen LogP contribution in [0.25, 0.3) is 5.57 Å². The van der Waals surface area contributed by atoms with Gasteiger partial charge < -0.3 is 5.73 Å². The highest BCUT2D eigenvalue weighted by Crippen LogP contribution is 2.26. The molecule has 0 saturated heterocycles. The number of nitrogen functional groups attached to an aromatic ring is 1. The van der Waals surface area contributed by atoms with Crippen LogP contribution in [-0.4, -0.2) is 16.7 Å². The first-order valence-electron chi connectivity index (χ1n) is 7.68. The van der Waals surface area contributed by atoms with Crippen molar-refractivity contribution < 1.29 is 9.59 Å². The lowest BCUT2D eigenvalue weighted by Gasteiger charge is -2.13. The van der Waals surface area contributed by atoms with E-state index < -0.39 is 0 Å². The van der Waals surface area contributed by atoms with Gasteiger partial charge in [0.05, 0.1) is 11.1 Å². The average molecular weight is 318 g/mol. The number of amides is 2. The molecule has 0 atom stereocenters. The first-order chi connectivity index (χ1) is 11.5. The lowest BCUT2D eigenvalue weighted by Crippen LogP contribution is -2.27. The van der Waals surface area contributed by atoms with Crippen LogP contribution in [0.4, 0.5) is 5.69 Å². The summed E-state index contributed by atoms with van der Waals surface area (Å²) in [4.78, 5) is 26.1. The minimum absolute atomic E-state index is 0.275. The number of carbonyl (C=O) groups excluding carboxylic acids is 2. The number of carbonyl (C=O) groups is 2. The number of allylic oxidation sites excluding steroid dienone is 4. The maximum absolute atomic E-state index is 12.4. The topological polar surface area (TPSA) is 63.4 Å². The Labute approximate surface area is 140 Å². The van der Waals surface area contributed by atoms with Gasteiger partial charge in [0.1, 0.15) is 0 Å². The van der Waals surface area contributed by atoms with Crippen molar-refractivity contribution in [1.82, 2.24) is 4.90 Å². The van der Waals surface area contributed by atoms with Gasteiger partial charge >= 0.3 is 0 Å². The maximum Gasteiger partial charge on any atom is 0.265 e. The van der Waals surface area contributed by atoms with E-state index in [1.165, 1.54) is 4.90 Å². The smallest absolute Gasteiger partial charge is 0.265 e. The number of fused-ring (bicyclic) bond motifs is 1. The van der Waals surface area contributed by atoms with Crippen molar-refractivity contribution >= 4 is 23.1 Å². The molecule has 1 heterocycles. The molecule has 120 valence electrons. The highest BCUT2D eigenvalue weighted by Gasteiger charge is 2.35. The molecular formula is C20H18N2O2. The fraction of sp³-hybridized carbons (Fsp3) is 0.100. The van der Waals surface area contributed by atoms with Gasteiger partial charge in [0, 0.05) is 11.4 Å². The number of imide groups is 1. The number of nitrogens with zero attached hydrogens (tertiary/aromatic N) is 1. The summed E-state index contributed by atoms with van der Waals surface area (Å²) in [6.45, 7) is 3.73. The minimum atomic E-state index is -0.275. The molecular weight excluding hydrogens is 300 g/mol. The van der Waals surface area contributed by atoms with E-state index in [0.29, 0.717) is 22.5 Å². The van der Waals surface area contributed by atoms with E-state index in [-0.39, 0.29) is 11.8 Å². The number of hydrogen-bond donors (Lipinski definition) is 1. The molecule has 0 spiro atoms. The maximum atomic E-state index is 12.4. The van der Waals surface area contributed by atoms with Crippen molar-refractivity contribution in [3.8, 4) is 0 Å². The van der Waals surface area contributed by atoms with Crippen LogP contribution in [0.15, 0.2) is 66.4 Å². The fourth-order valence-corrected chi connectivity index (χ4v) is 2.67. The molecule has 0 radical (unpaired) electrons. The molecule has 0 aromatic heterocycles. The third-order valence-corrected chi connectivity index (χ3v) is 4.09. The van der Waals surface area contributed by atoms with Gasteiger partial charge in [-0.3, -0.25) is 9.59 Å². The Bertz CT molecular complexity index is 842. The van der Waals surface area contributed by atoms with E-state index in [4.69, 9.17) is 5.73 Å². The molecule has 2 aromatic rings. The standard InChI is InChI=1S/C20H18N2O2/c1-13(15-9-11-16(21)12-10-15)7-8-14(2)22-19(23)17-5-3-4-6-18(17)20(22)24/h3-12H,21H2,1-2H3/b13-7+,14-8+. The van der Waals surface area contributed by atoms with Gasteiger partial charge in [-0.15, -0.1) is 0 Å². The van der Waals surface area contributed by atoms with Crippen molar-refractivity contribution in [3.63, 3.8) is 0 Å². The molecule has 2 amide bonds. The van der Waals surface area contributed by atoms with Gasteiger partial charge in [-0.1, -0.05) is 30.3 Å². The molecule has 0 unspecified atom stereocenters. The van der Waals surface area contributed by atoms with Crippen LogP contribution in [0.3, 0.4) is 0 Å². The number of benzene rings is 2. The van der Waals surface area contributed by atoms with Crippen LogP contribution < -0.4 is 5.73 Å². The third-order valence-electron chi connectivity index (χ3n) is 4.09. The van der Waals surface area contributed by atoms with E-state index >= 15 is 0 Å². The van der Waals surface area contributed by atoms with Crippen molar-refractivity contribution in [2.75, 3.05) is 5.73 Å². The number of nitrogens with two attached hydrogens (primary N) is 1. The van der Waals surface area contributed by atoms with Crippen LogP contribution >= 0.6 is 0 Å². The van der Waals surface area contributed by atoms with Crippen molar-refractivity contribution in [3.05, 3.63) is 83.1 Å². The summed E-state index contributed by atoms with van der Waals surface area (Å²) in [5, 5.41) is 0. The van der Waals surface area contributed by atoms with E-state index in [2.05, 4.69) is 0 Å². The monoisotopic (exact) mass is 318 g/mol. The summed E-state index contributed by atoms with van der Waals surface area (Å²) >= 11 is 0. The molecule has 0 bridgehead atoms. The zero-order valence-corrected chi connectivity index (χ0v) is 13.6. The SMILES string of the molecule is C/C(=C\C=C(/C)N1C(=O)c2ccccc2C1=O)c1ccc(N)cc1. The number of anilines is 1. The Morgan fingerprint density at radius 2 is 1.42 bits per heavy atom. The molecule has 0 aliphatic carbocycles. The van der Waals surface area contributed by atoms with Gasteiger partial charge in [-0.25, -0.2) is 4.90 Å². The number of rotatable bonds is 3. The van der Waals surface area contributed by atoms with Crippen LogP contribution in [-0.2, 0) is 0 Å². The van der Waals surface area contributed by atoms with Gasteiger partial charge in [-0.2, -0.15) is 0 Å². The van der Waals surface area contributed by atoms with Gasteiger partial charge in [0.25, 0.3) is 11.8 Å². The van der Waals surface area contributed by atoms with Crippen LogP contribution in [0, 0.1) is 0 Å². The molecule has 4 nitrogen and oxygen atoms in total. The second-order valence-corrected chi connectivity index (χ2v) is 5.77. The van der Waals surface area contributed by atoms with Crippen molar-refractivity contribution in [2.24, 2.45) is 0 Å². The molecule has 1 aliphatic heterocycles. The second-order valence-electron chi connectivity index (χ2n) is 5.77. The summed E-state index contributed by atoms with van der Waals surface area (Å²) in [6.07, 6.45) is 3.68. The lowest BCUT2D eigenvalue weighted by molar-refractivity contribution is 0.0704. The fourth-order valence-electron chi connectivity index (χ4n) is 2.67. The normalized spacial score (nSPS) is 15.0. The van der Waals surface area contributed by atoms with Gasteiger partial charge in [0.15, 0.2) is 0 Å². The predicted octanol–water partition coefficient (Wildman–Crippen LogP) is 3.87. The lowest BCUT2D eigenvalue weighted by atomic mass is 10.1. The summed E-state index contributed by atoms with van der Waals surface area (Å²) in [5.41, 5.74) is 9.96. The zero-order chi connectivity index (χ0) is 17.3. The van der Waals surface area contributed by atoms with E-state index in [1.807, 2.05) is 37.3 Å². The number of hydrogen-bond acceptors (Lipinski definition) is 3. The second kappa shape index (κ2) is 6.16. The molecule has 0 saturated carbocycles. The Morgan fingerprint density at radius 1 is 0.875 bits per heavy atom. The first kappa shape index (κ1) is 15.7. The van der Waals surface area contributed by atoms with Crippen LogP contribution in [0.1, 0.15) is 40.1 Å². The van der Waals surface area contributed by atoms with Crippen LogP contribution in [0.2, 0.25) is 0 Å². The average Bonchev–Trinajstić information content (AvgIpc) is 2.85. The molecule has 2 N–H and O–H groups in total. The molecule has 24 heavy (non-hydrogen) atoms. The highest BCUT2D eigenvalue weighted by atomic mass is 16.2. The Kier molecular flexibility index (Phi) is 4.04. The predicted molar refractivity (Wildman–Crippen MR) is 95.2 cm³/mol. The zero-order valence-electron chi connectivity index (χ0n) is 13.6. The summed E-state index contributed by atoms with van der Waals surface area (Å²) in [6, 6.07) is 14.4. The van der Waals surface area contributed by atoms with E-state index in [1.54, 1.807) is 37.3 Å². The summed E-state index contributed by atoms with van der Waals surface area (Å²) in [7, 11) is 0. The van der Waals surface area contributed by atoms with E-state index in [0.717, 1.165) is 11.1 Å². The summed E-state index contributed by atoms with van der Waals surface area (Å²) < 4.78 is 0. The molecule has 0 fully saturated rings. The Morgan fingerprint density at radius 3 is 1.96 bits per heavy atom. The highest BCUT2D eigenvalue weighted by molar-refractivity contribution is 6.22. The largest absolute Gasteiger partial charge is 0.399 e. The Hall–Kier alpha value is -3.14.